The van der Waals surface area contributed by atoms with Crippen molar-refractivity contribution < 1.29 is 9.63 Å². The van der Waals surface area contributed by atoms with E-state index in [1.807, 2.05) is 0 Å². The Bertz CT molecular complexity index is 485. The van der Waals surface area contributed by atoms with Crippen molar-refractivity contribution in [3.05, 3.63) is 28.8 Å². The average molecular weight is 225 g/mol. The van der Waals surface area contributed by atoms with Crippen molar-refractivity contribution in [3.8, 4) is 17.0 Å². The molecule has 4 nitrogen and oxygen atoms in total. The van der Waals surface area contributed by atoms with Crippen molar-refractivity contribution in [2.45, 2.75) is 6.92 Å². The molecule has 1 aromatic carbocycles. The van der Waals surface area contributed by atoms with Crippen molar-refractivity contribution in [1.82, 2.24) is 5.16 Å². The average Bonchev–Trinajstić information content (AvgIpc) is 2.60. The third kappa shape index (κ3) is 1.76. The first-order chi connectivity index (χ1) is 7.08. The molecule has 0 spiro atoms. The lowest BCUT2D eigenvalue weighted by Gasteiger charge is -2.03. The Morgan fingerprint density at radius 3 is 2.67 bits per heavy atom. The number of aromatic nitrogens is 1. The zero-order chi connectivity index (χ0) is 11.0. The van der Waals surface area contributed by atoms with Crippen LogP contribution in [0.15, 0.2) is 22.7 Å². The quantitative estimate of drug-likeness (QED) is 0.781. The molecule has 78 valence electrons. The third-order valence-electron chi connectivity index (χ3n) is 2.08. The highest BCUT2D eigenvalue weighted by atomic mass is 35.5. The largest absolute Gasteiger partial charge is 0.506 e. The summed E-state index contributed by atoms with van der Waals surface area (Å²) >= 11 is 5.84. The predicted octanol–water partition coefficient (Wildman–Crippen LogP) is 2.59. The highest BCUT2D eigenvalue weighted by molar-refractivity contribution is 6.32. The van der Waals surface area contributed by atoms with Gasteiger partial charge >= 0.3 is 0 Å². The molecule has 2 rings (SSSR count). The Morgan fingerprint density at radius 1 is 1.40 bits per heavy atom. The summed E-state index contributed by atoms with van der Waals surface area (Å²) in [5.74, 6) is 0.323. The number of benzene rings is 1. The van der Waals surface area contributed by atoms with Crippen LogP contribution in [0.3, 0.4) is 0 Å². The van der Waals surface area contributed by atoms with Crippen molar-refractivity contribution in [2.75, 3.05) is 5.73 Å². The highest BCUT2D eigenvalue weighted by Crippen LogP contribution is 2.32. The first-order valence-electron chi connectivity index (χ1n) is 4.29. The second-order valence-corrected chi connectivity index (χ2v) is 3.65. The fourth-order valence-electron chi connectivity index (χ4n) is 1.31. The summed E-state index contributed by atoms with van der Waals surface area (Å²) < 4.78 is 4.75. The summed E-state index contributed by atoms with van der Waals surface area (Å²) in [6, 6.07) is 4.97. The molecule has 1 aromatic heterocycles. The highest BCUT2D eigenvalue weighted by Gasteiger charge is 2.09. The number of aromatic hydroxyl groups is 1. The zero-order valence-electron chi connectivity index (χ0n) is 7.99. The van der Waals surface area contributed by atoms with Crippen LogP contribution in [0.2, 0.25) is 5.02 Å². The minimum Gasteiger partial charge on any atom is -0.506 e. The van der Waals surface area contributed by atoms with Gasteiger partial charge in [-0.15, -0.1) is 0 Å². The number of hydrogen-bond acceptors (Lipinski definition) is 4. The van der Waals surface area contributed by atoms with Crippen LogP contribution >= 0.6 is 11.6 Å². The van der Waals surface area contributed by atoms with Gasteiger partial charge in [0, 0.05) is 11.6 Å². The zero-order valence-corrected chi connectivity index (χ0v) is 8.75. The number of hydrogen-bond donors (Lipinski definition) is 2. The fraction of sp³-hybridized carbons (Fsp3) is 0.100. The lowest BCUT2D eigenvalue weighted by atomic mass is 10.1. The number of halogens is 1. The lowest BCUT2D eigenvalue weighted by Crippen LogP contribution is -1.82. The van der Waals surface area contributed by atoms with Crippen LogP contribution in [0.1, 0.15) is 5.56 Å². The van der Waals surface area contributed by atoms with E-state index in [0.29, 0.717) is 11.3 Å². The van der Waals surface area contributed by atoms with Crippen LogP contribution in [0.25, 0.3) is 11.3 Å². The molecule has 0 amide bonds. The SMILES string of the molecule is Cc1cc(-c2cc(N)on2)cc(Cl)c1O. The standard InChI is InChI=1S/C10H9ClN2O2/c1-5-2-6(3-7(11)10(5)14)8-4-9(12)15-13-8/h2-4,14H,12H2,1H3. The van der Waals surface area contributed by atoms with Crippen molar-refractivity contribution in [1.29, 1.82) is 0 Å². The molecule has 0 unspecified atom stereocenters. The maximum absolute atomic E-state index is 9.48. The van der Waals surface area contributed by atoms with Gasteiger partial charge in [-0.05, 0) is 24.6 Å². The Kier molecular flexibility index (Phi) is 2.28. The molecule has 3 N–H and O–H groups in total. The lowest BCUT2D eigenvalue weighted by molar-refractivity contribution is 0.439. The van der Waals surface area contributed by atoms with Crippen LogP contribution in [-0.4, -0.2) is 10.3 Å². The summed E-state index contributed by atoms with van der Waals surface area (Å²) in [6.07, 6.45) is 0. The molecule has 1 heterocycles. The molecule has 0 atom stereocenters. The smallest absolute Gasteiger partial charge is 0.222 e. The molecule has 0 aliphatic heterocycles. The molecule has 0 saturated heterocycles. The van der Waals surface area contributed by atoms with Gasteiger partial charge in [-0.2, -0.15) is 0 Å². The van der Waals surface area contributed by atoms with E-state index in [0.717, 1.165) is 5.56 Å². The summed E-state index contributed by atoms with van der Waals surface area (Å²) in [6.45, 7) is 1.76. The normalized spacial score (nSPS) is 10.5. The van der Waals surface area contributed by atoms with E-state index in [-0.39, 0.29) is 16.7 Å². The third-order valence-corrected chi connectivity index (χ3v) is 2.37. The van der Waals surface area contributed by atoms with Gasteiger partial charge in [0.1, 0.15) is 11.4 Å². The molecule has 2 aromatic rings. The second-order valence-electron chi connectivity index (χ2n) is 3.24. The van der Waals surface area contributed by atoms with Crippen molar-refractivity contribution in [3.63, 3.8) is 0 Å². The van der Waals surface area contributed by atoms with E-state index in [2.05, 4.69) is 5.16 Å². The Labute approximate surface area is 91.3 Å². The van der Waals surface area contributed by atoms with Crippen LogP contribution in [0.4, 0.5) is 5.88 Å². The predicted molar refractivity (Wildman–Crippen MR) is 57.8 cm³/mol. The molecule has 0 fully saturated rings. The Morgan fingerprint density at radius 2 is 2.13 bits per heavy atom. The molecule has 0 saturated carbocycles. The number of nitrogens with two attached hydrogens (primary N) is 1. The van der Waals surface area contributed by atoms with Gasteiger partial charge in [-0.3, -0.25) is 0 Å². The number of nitrogens with zero attached hydrogens (tertiary/aromatic N) is 1. The van der Waals surface area contributed by atoms with Gasteiger partial charge in [0.05, 0.1) is 5.02 Å². The number of rotatable bonds is 1. The van der Waals surface area contributed by atoms with E-state index in [1.54, 1.807) is 25.1 Å². The van der Waals surface area contributed by atoms with Gasteiger partial charge in [-0.25, -0.2) is 0 Å². The molecular formula is C10H9ClN2O2. The summed E-state index contributed by atoms with van der Waals surface area (Å²) in [4.78, 5) is 0. The number of anilines is 1. The summed E-state index contributed by atoms with van der Waals surface area (Å²) in [5, 5.41) is 13.5. The number of aryl methyl sites for hydroxylation is 1. The Hall–Kier alpha value is -1.68. The van der Waals surface area contributed by atoms with Crippen LogP contribution in [0, 0.1) is 6.92 Å². The van der Waals surface area contributed by atoms with Crippen molar-refractivity contribution in [2.24, 2.45) is 0 Å². The number of phenols is 1. The van der Waals surface area contributed by atoms with Crippen LogP contribution in [0.5, 0.6) is 5.75 Å². The fourth-order valence-corrected chi connectivity index (χ4v) is 1.58. The van der Waals surface area contributed by atoms with Crippen LogP contribution in [-0.2, 0) is 0 Å². The van der Waals surface area contributed by atoms with E-state index in [9.17, 15) is 5.11 Å². The van der Waals surface area contributed by atoms with Gasteiger partial charge in [0.15, 0.2) is 0 Å². The molecule has 0 bridgehead atoms. The van der Waals surface area contributed by atoms with Gasteiger partial charge in [-0.1, -0.05) is 16.8 Å². The minimum absolute atomic E-state index is 0.0804. The molecule has 5 heteroatoms. The number of nitrogen functional groups attached to an aromatic ring is 1. The molecule has 15 heavy (non-hydrogen) atoms. The summed E-state index contributed by atoms with van der Waals surface area (Å²) in [7, 11) is 0. The van der Waals surface area contributed by atoms with Crippen LogP contribution < -0.4 is 5.73 Å². The maximum atomic E-state index is 9.48. The monoisotopic (exact) mass is 224 g/mol. The van der Waals surface area contributed by atoms with E-state index < -0.39 is 0 Å². The molecule has 0 radical (unpaired) electrons. The van der Waals surface area contributed by atoms with Gasteiger partial charge in [0.2, 0.25) is 5.88 Å². The summed E-state index contributed by atoms with van der Waals surface area (Å²) in [5.41, 5.74) is 7.44. The molecular weight excluding hydrogens is 216 g/mol. The van der Waals surface area contributed by atoms with E-state index >= 15 is 0 Å². The number of phenolic OH excluding ortho intramolecular Hbond substituents is 1. The second kappa shape index (κ2) is 3.47. The van der Waals surface area contributed by atoms with Gasteiger partial charge in [0.25, 0.3) is 0 Å². The van der Waals surface area contributed by atoms with E-state index in [1.165, 1.54) is 0 Å². The Balaban J connectivity index is 2.55. The topological polar surface area (TPSA) is 72.3 Å². The maximum Gasteiger partial charge on any atom is 0.222 e. The molecule has 0 aliphatic carbocycles. The first-order valence-corrected chi connectivity index (χ1v) is 4.67. The van der Waals surface area contributed by atoms with E-state index in [4.69, 9.17) is 21.9 Å². The van der Waals surface area contributed by atoms with Crippen molar-refractivity contribution >= 4 is 17.5 Å². The van der Waals surface area contributed by atoms with Gasteiger partial charge < -0.3 is 15.4 Å². The molecule has 0 aliphatic rings. The first kappa shape index (κ1) is 9.86. The minimum atomic E-state index is 0.0804.